The van der Waals surface area contributed by atoms with Crippen molar-refractivity contribution in [3.63, 3.8) is 0 Å². The van der Waals surface area contributed by atoms with Crippen LogP contribution < -0.4 is 25.5 Å². The molecule has 0 unspecified atom stereocenters. The lowest BCUT2D eigenvalue weighted by Gasteiger charge is -2.15. The zero-order valence-electron chi connectivity index (χ0n) is 21.2. The van der Waals surface area contributed by atoms with Gasteiger partial charge in [0.15, 0.2) is 18.1 Å². The molecule has 0 aliphatic rings. The minimum absolute atomic E-state index is 0.106. The molecule has 0 aliphatic carbocycles. The van der Waals surface area contributed by atoms with E-state index in [1.54, 1.807) is 18.2 Å². The van der Waals surface area contributed by atoms with Crippen LogP contribution in [0.3, 0.4) is 0 Å². The second-order valence-electron chi connectivity index (χ2n) is 8.23. The molecule has 188 valence electrons. The van der Waals surface area contributed by atoms with E-state index in [0.29, 0.717) is 30.1 Å². The van der Waals surface area contributed by atoms with Crippen molar-refractivity contribution in [3.8, 4) is 11.5 Å². The standard InChI is InChI=1S/C26H34N4O5/c1-7-19(6)28-25(32)26(33)30-27-14-20-9-10-21(22(13-20)34-8-2)35-15-23(31)29-24-17(4)11-16(3)12-18(24)5/h9-14,19H,7-8,15H2,1-6H3,(H,28,32)(H,29,31)(H,30,33)/b27-14-/t19-/m1/s1. The number of anilines is 1. The lowest BCUT2D eigenvalue weighted by atomic mass is 10.1. The molecule has 0 saturated carbocycles. The Balaban J connectivity index is 2.00. The van der Waals surface area contributed by atoms with Gasteiger partial charge >= 0.3 is 11.8 Å². The highest BCUT2D eigenvalue weighted by Crippen LogP contribution is 2.28. The number of rotatable bonds is 10. The summed E-state index contributed by atoms with van der Waals surface area (Å²) in [5, 5.41) is 9.29. The first-order chi connectivity index (χ1) is 16.6. The summed E-state index contributed by atoms with van der Waals surface area (Å²) in [6.07, 6.45) is 2.10. The predicted octanol–water partition coefficient (Wildman–Crippen LogP) is 3.39. The van der Waals surface area contributed by atoms with Gasteiger partial charge in [-0.3, -0.25) is 14.4 Å². The molecule has 0 aromatic heterocycles. The largest absolute Gasteiger partial charge is 0.490 e. The van der Waals surface area contributed by atoms with Crippen LogP contribution in [0.15, 0.2) is 35.4 Å². The van der Waals surface area contributed by atoms with Gasteiger partial charge in [-0.2, -0.15) is 5.10 Å². The van der Waals surface area contributed by atoms with Crippen LogP contribution in [0.1, 0.15) is 49.4 Å². The number of nitrogens with one attached hydrogen (secondary N) is 3. The number of aryl methyl sites for hydroxylation is 3. The number of hydrazone groups is 1. The van der Waals surface area contributed by atoms with Crippen molar-refractivity contribution in [3.05, 3.63) is 52.6 Å². The van der Waals surface area contributed by atoms with E-state index in [0.717, 1.165) is 22.4 Å². The first kappa shape index (κ1) is 27.4. The van der Waals surface area contributed by atoms with Crippen LogP contribution in [0.2, 0.25) is 0 Å². The Morgan fingerprint density at radius 3 is 2.29 bits per heavy atom. The fourth-order valence-corrected chi connectivity index (χ4v) is 3.30. The number of carbonyl (C=O) groups is 3. The first-order valence-corrected chi connectivity index (χ1v) is 11.6. The van der Waals surface area contributed by atoms with Crippen LogP contribution in [-0.2, 0) is 14.4 Å². The Morgan fingerprint density at radius 1 is 0.971 bits per heavy atom. The van der Waals surface area contributed by atoms with Crippen LogP contribution in [0.5, 0.6) is 11.5 Å². The van der Waals surface area contributed by atoms with Crippen molar-refractivity contribution in [1.29, 1.82) is 0 Å². The number of ether oxygens (including phenoxy) is 2. The first-order valence-electron chi connectivity index (χ1n) is 11.6. The van der Waals surface area contributed by atoms with E-state index in [2.05, 4.69) is 21.2 Å². The summed E-state index contributed by atoms with van der Waals surface area (Å²) in [5.74, 6) is -1.06. The summed E-state index contributed by atoms with van der Waals surface area (Å²) in [5.41, 5.74) is 6.69. The van der Waals surface area contributed by atoms with Gasteiger partial charge < -0.3 is 20.1 Å². The Bertz CT molecular complexity index is 1070. The molecule has 0 saturated heterocycles. The number of amides is 3. The van der Waals surface area contributed by atoms with E-state index < -0.39 is 11.8 Å². The van der Waals surface area contributed by atoms with Crippen molar-refractivity contribution >= 4 is 29.6 Å². The molecule has 0 bridgehead atoms. The van der Waals surface area contributed by atoms with Gasteiger partial charge in [0.1, 0.15) is 0 Å². The molecule has 9 heteroatoms. The molecule has 9 nitrogen and oxygen atoms in total. The van der Waals surface area contributed by atoms with Crippen LogP contribution in [0, 0.1) is 20.8 Å². The fourth-order valence-electron chi connectivity index (χ4n) is 3.30. The quantitative estimate of drug-likeness (QED) is 0.273. The molecule has 2 aromatic carbocycles. The maximum Gasteiger partial charge on any atom is 0.329 e. The molecule has 2 aromatic rings. The molecule has 3 N–H and O–H groups in total. The molecule has 1 atom stereocenters. The van der Waals surface area contributed by atoms with Gasteiger partial charge in [-0.05, 0) is 75.9 Å². The topological polar surface area (TPSA) is 118 Å². The van der Waals surface area contributed by atoms with Gasteiger partial charge in [-0.1, -0.05) is 24.6 Å². The predicted molar refractivity (Wildman–Crippen MR) is 136 cm³/mol. The molecule has 0 spiro atoms. The van der Waals surface area contributed by atoms with Gasteiger partial charge in [0.05, 0.1) is 12.8 Å². The molecule has 0 aliphatic heterocycles. The summed E-state index contributed by atoms with van der Waals surface area (Å²) >= 11 is 0. The number of nitrogens with zero attached hydrogens (tertiary/aromatic N) is 1. The van der Waals surface area contributed by atoms with Gasteiger partial charge in [0, 0.05) is 11.7 Å². The lowest BCUT2D eigenvalue weighted by molar-refractivity contribution is -0.139. The minimum atomic E-state index is -0.850. The van der Waals surface area contributed by atoms with Crippen LogP contribution >= 0.6 is 0 Å². The van der Waals surface area contributed by atoms with Crippen LogP contribution in [-0.4, -0.2) is 43.2 Å². The monoisotopic (exact) mass is 482 g/mol. The summed E-state index contributed by atoms with van der Waals surface area (Å²) in [6, 6.07) is 8.93. The van der Waals surface area contributed by atoms with Gasteiger partial charge in [-0.25, -0.2) is 5.43 Å². The average Bonchev–Trinajstić information content (AvgIpc) is 2.80. The Hall–Kier alpha value is -3.88. The maximum absolute atomic E-state index is 12.5. The third-order valence-corrected chi connectivity index (χ3v) is 5.14. The Morgan fingerprint density at radius 2 is 1.66 bits per heavy atom. The van der Waals surface area contributed by atoms with Gasteiger partial charge in [0.2, 0.25) is 0 Å². The van der Waals surface area contributed by atoms with Crippen LogP contribution in [0.4, 0.5) is 5.69 Å². The normalized spacial score (nSPS) is 11.6. The summed E-state index contributed by atoms with van der Waals surface area (Å²) in [4.78, 5) is 36.1. The average molecular weight is 483 g/mol. The summed E-state index contributed by atoms with van der Waals surface area (Å²) in [7, 11) is 0. The number of hydrogen-bond donors (Lipinski definition) is 3. The second-order valence-corrected chi connectivity index (χ2v) is 8.23. The van der Waals surface area contributed by atoms with Gasteiger partial charge in [0.25, 0.3) is 5.91 Å². The third kappa shape index (κ3) is 8.44. The van der Waals surface area contributed by atoms with E-state index in [1.807, 2.05) is 53.7 Å². The van der Waals surface area contributed by atoms with E-state index in [9.17, 15) is 14.4 Å². The van der Waals surface area contributed by atoms with Crippen molar-refractivity contribution in [2.75, 3.05) is 18.5 Å². The zero-order chi connectivity index (χ0) is 26.0. The minimum Gasteiger partial charge on any atom is -0.490 e. The lowest BCUT2D eigenvalue weighted by Crippen LogP contribution is -2.41. The molecule has 35 heavy (non-hydrogen) atoms. The number of carbonyl (C=O) groups excluding carboxylic acids is 3. The summed E-state index contributed by atoms with van der Waals surface area (Å²) in [6.45, 7) is 11.6. The van der Waals surface area contributed by atoms with Crippen molar-refractivity contribution < 1.29 is 23.9 Å². The van der Waals surface area contributed by atoms with E-state index >= 15 is 0 Å². The summed E-state index contributed by atoms with van der Waals surface area (Å²) < 4.78 is 11.3. The molecule has 0 heterocycles. The number of benzene rings is 2. The SMILES string of the molecule is CCOc1cc(/C=N\NC(=O)C(=O)N[C@H](C)CC)ccc1OCC(=O)Nc1c(C)cc(C)cc1C. The molecule has 0 fully saturated rings. The van der Waals surface area contributed by atoms with E-state index in [4.69, 9.17) is 9.47 Å². The van der Waals surface area contributed by atoms with E-state index in [1.165, 1.54) is 6.21 Å². The molecular weight excluding hydrogens is 448 g/mol. The molecule has 3 amide bonds. The highest BCUT2D eigenvalue weighted by molar-refractivity contribution is 6.35. The number of hydrogen-bond acceptors (Lipinski definition) is 6. The highest BCUT2D eigenvalue weighted by Gasteiger charge is 2.15. The maximum atomic E-state index is 12.5. The van der Waals surface area contributed by atoms with Gasteiger partial charge in [-0.15, -0.1) is 0 Å². The van der Waals surface area contributed by atoms with Crippen molar-refractivity contribution in [2.45, 2.75) is 54.0 Å². The van der Waals surface area contributed by atoms with Crippen LogP contribution in [0.25, 0.3) is 0 Å². The zero-order valence-corrected chi connectivity index (χ0v) is 21.2. The smallest absolute Gasteiger partial charge is 0.329 e. The second kappa shape index (κ2) is 13.1. The third-order valence-electron chi connectivity index (χ3n) is 5.14. The van der Waals surface area contributed by atoms with Crippen molar-refractivity contribution in [2.24, 2.45) is 5.10 Å². The molecular formula is C26H34N4O5. The van der Waals surface area contributed by atoms with Crippen molar-refractivity contribution in [1.82, 2.24) is 10.7 Å². The van der Waals surface area contributed by atoms with E-state index in [-0.39, 0.29) is 18.6 Å². The Labute approximate surface area is 206 Å². The fraction of sp³-hybridized carbons (Fsp3) is 0.385. The molecule has 2 rings (SSSR count). The molecule has 0 radical (unpaired) electrons. The highest BCUT2D eigenvalue weighted by atomic mass is 16.5. The Kier molecular flexibility index (Phi) is 10.3.